The highest BCUT2D eigenvalue weighted by Crippen LogP contribution is 2.32. The zero-order valence-electron chi connectivity index (χ0n) is 12.1. The number of nitrogens with one attached hydrogen (secondary N) is 2. The smallest absolute Gasteiger partial charge is 0.221 e. The molecule has 0 bridgehead atoms. The van der Waals surface area contributed by atoms with E-state index in [1.165, 1.54) is 12.1 Å². The molecular formula is C15H23FN2O. The highest BCUT2D eigenvalue weighted by Gasteiger charge is 2.27. The Morgan fingerprint density at radius 2 is 1.84 bits per heavy atom. The molecule has 0 heterocycles. The first kappa shape index (κ1) is 15.6. The van der Waals surface area contributed by atoms with Crippen LogP contribution in [0.2, 0.25) is 0 Å². The Morgan fingerprint density at radius 3 is 2.32 bits per heavy atom. The molecule has 0 aliphatic rings. The van der Waals surface area contributed by atoms with E-state index in [1.54, 1.807) is 12.1 Å². The monoisotopic (exact) mass is 266 g/mol. The number of carbonyl (C=O) groups excluding carboxylic acids is 1. The average molecular weight is 266 g/mol. The summed E-state index contributed by atoms with van der Waals surface area (Å²) in [4.78, 5) is 11.9. The van der Waals surface area contributed by atoms with Crippen LogP contribution >= 0.6 is 0 Å². The van der Waals surface area contributed by atoms with E-state index < -0.39 is 0 Å². The molecule has 0 radical (unpaired) electrons. The summed E-state index contributed by atoms with van der Waals surface area (Å²) in [5.74, 6) is -0.267. The Morgan fingerprint density at radius 1 is 1.26 bits per heavy atom. The molecule has 19 heavy (non-hydrogen) atoms. The van der Waals surface area contributed by atoms with E-state index in [2.05, 4.69) is 31.4 Å². The second-order valence-electron chi connectivity index (χ2n) is 5.77. The van der Waals surface area contributed by atoms with Gasteiger partial charge in [-0.1, -0.05) is 32.9 Å². The molecule has 106 valence electrons. The standard InChI is InChI=1S/C15H23FN2O/c1-15(2,3)14(18-13(19)9-10-17-4)11-5-7-12(16)8-6-11/h5-8,14,17H,9-10H2,1-4H3,(H,18,19). The molecule has 4 heteroatoms. The summed E-state index contributed by atoms with van der Waals surface area (Å²) in [5, 5.41) is 5.97. The van der Waals surface area contributed by atoms with Crippen LogP contribution in [-0.2, 0) is 4.79 Å². The van der Waals surface area contributed by atoms with Crippen molar-refractivity contribution in [3.05, 3.63) is 35.6 Å². The molecule has 2 N–H and O–H groups in total. The van der Waals surface area contributed by atoms with Gasteiger partial charge in [-0.2, -0.15) is 0 Å². The van der Waals surface area contributed by atoms with Crippen molar-refractivity contribution in [1.82, 2.24) is 10.6 Å². The molecule has 1 unspecified atom stereocenters. The molecule has 0 saturated heterocycles. The molecule has 1 atom stereocenters. The maximum absolute atomic E-state index is 13.0. The number of rotatable bonds is 5. The van der Waals surface area contributed by atoms with Gasteiger partial charge in [-0.05, 0) is 30.2 Å². The van der Waals surface area contributed by atoms with E-state index in [0.29, 0.717) is 13.0 Å². The molecule has 3 nitrogen and oxygen atoms in total. The number of halogens is 1. The number of benzene rings is 1. The van der Waals surface area contributed by atoms with E-state index in [1.807, 2.05) is 7.05 Å². The fourth-order valence-electron chi connectivity index (χ4n) is 1.93. The van der Waals surface area contributed by atoms with E-state index in [-0.39, 0.29) is 23.2 Å². The molecule has 1 rings (SSSR count). The molecule has 0 aliphatic carbocycles. The van der Waals surface area contributed by atoms with Gasteiger partial charge < -0.3 is 10.6 Å². The van der Waals surface area contributed by atoms with Crippen LogP contribution in [0.25, 0.3) is 0 Å². The van der Waals surface area contributed by atoms with Crippen molar-refractivity contribution in [2.75, 3.05) is 13.6 Å². The van der Waals surface area contributed by atoms with Crippen molar-refractivity contribution in [2.24, 2.45) is 5.41 Å². The van der Waals surface area contributed by atoms with Crippen LogP contribution < -0.4 is 10.6 Å². The van der Waals surface area contributed by atoms with Gasteiger partial charge in [-0.25, -0.2) is 4.39 Å². The lowest BCUT2D eigenvalue weighted by molar-refractivity contribution is -0.122. The highest BCUT2D eigenvalue weighted by atomic mass is 19.1. The lowest BCUT2D eigenvalue weighted by atomic mass is 9.82. The van der Waals surface area contributed by atoms with Gasteiger partial charge >= 0.3 is 0 Å². The van der Waals surface area contributed by atoms with Crippen molar-refractivity contribution in [3.8, 4) is 0 Å². The third kappa shape index (κ3) is 4.99. The third-order valence-electron chi connectivity index (χ3n) is 2.98. The van der Waals surface area contributed by atoms with Crippen LogP contribution in [0.3, 0.4) is 0 Å². The van der Waals surface area contributed by atoms with Crippen LogP contribution in [0.5, 0.6) is 0 Å². The molecule has 1 aromatic rings. The van der Waals surface area contributed by atoms with Gasteiger partial charge in [0.15, 0.2) is 0 Å². The predicted molar refractivity (Wildman–Crippen MR) is 75.3 cm³/mol. The maximum Gasteiger partial charge on any atom is 0.221 e. The van der Waals surface area contributed by atoms with E-state index >= 15 is 0 Å². The lowest BCUT2D eigenvalue weighted by Gasteiger charge is -2.32. The lowest BCUT2D eigenvalue weighted by Crippen LogP contribution is -2.37. The Kier molecular flexibility index (Phi) is 5.48. The van der Waals surface area contributed by atoms with Crippen LogP contribution in [0.1, 0.15) is 38.8 Å². The van der Waals surface area contributed by atoms with Crippen molar-refractivity contribution < 1.29 is 9.18 Å². The summed E-state index contributed by atoms with van der Waals surface area (Å²) in [6.45, 7) is 6.81. The van der Waals surface area contributed by atoms with Gasteiger partial charge in [0.25, 0.3) is 0 Å². The molecule has 0 spiro atoms. The van der Waals surface area contributed by atoms with E-state index in [0.717, 1.165) is 5.56 Å². The molecular weight excluding hydrogens is 243 g/mol. The fourth-order valence-corrected chi connectivity index (χ4v) is 1.93. The molecule has 0 fully saturated rings. The summed E-state index contributed by atoms with van der Waals surface area (Å²) >= 11 is 0. The van der Waals surface area contributed by atoms with Gasteiger partial charge in [0.05, 0.1) is 6.04 Å². The van der Waals surface area contributed by atoms with E-state index in [9.17, 15) is 9.18 Å². The summed E-state index contributed by atoms with van der Waals surface area (Å²) < 4.78 is 13.0. The maximum atomic E-state index is 13.0. The first-order valence-electron chi connectivity index (χ1n) is 6.54. The normalized spacial score (nSPS) is 13.1. The SMILES string of the molecule is CNCCC(=O)NC(c1ccc(F)cc1)C(C)(C)C. The number of hydrogen-bond donors (Lipinski definition) is 2. The second-order valence-corrected chi connectivity index (χ2v) is 5.77. The molecule has 0 aliphatic heterocycles. The predicted octanol–water partition coefficient (Wildman–Crippen LogP) is 2.64. The van der Waals surface area contributed by atoms with Gasteiger partial charge in [-0.15, -0.1) is 0 Å². The minimum atomic E-state index is -0.266. The minimum absolute atomic E-state index is 0.00130. The minimum Gasteiger partial charge on any atom is -0.349 e. The quantitative estimate of drug-likeness (QED) is 0.860. The number of carbonyl (C=O) groups is 1. The van der Waals surface area contributed by atoms with Crippen LogP contribution in [0.4, 0.5) is 4.39 Å². The zero-order chi connectivity index (χ0) is 14.5. The molecule has 0 aromatic heterocycles. The first-order valence-corrected chi connectivity index (χ1v) is 6.54. The zero-order valence-corrected chi connectivity index (χ0v) is 12.1. The first-order chi connectivity index (χ1) is 8.84. The highest BCUT2D eigenvalue weighted by molar-refractivity contribution is 5.76. The van der Waals surface area contributed by atoms with Crippen molar-refractivity contribution in [1.29, 1.82) is 0 Å². The summed E-state index contributed by atoms with van der Waals surface area (Å²) in [5.41, 5.74) is 0.791. The molecule has 1 amide bonds. The van der Waals surface area contributed by atoms with Crippen LogP contribution in [-0.4, -0.2) is 19.5 Å². The van der Waals surface area contributed by atoms with Crippen LogP contribution in [0, 0.1) is 11.2 Å². The van der Waals surface area contributed by atoms with Crippen molar-refractivity contribution in [3.63, 3.8) is 0 Å². The second kappa shape index (κ2) is 6.66. The van der Waals surface area contributed by atoms with Gasteiger partial charge in [0, 0.05) is 13.0 Å². The van der Waals surface area contributed by atoms with Crippen molar-refractivity contribution >= 4 is 5.91 Å². The molecule has 0 saturated carbocycles. The van der Waals surface area contributed by atoms with Crippen LogP contribution in [0.15, 0.2) is 24.3 Å². The Bertz CT molecular complexity index is 409. The number of amides is 1. The van der Waals surface area contributed by atoms with Gasteiger partial charge in [-0.3, -0.25) is 4.79 Å². The van der Waals surface area contributed by atoms with Gasteiger partial charge in [0.1, 0.15) is 5.82 Å². The Balaban J connectivity index is 2.84. The Hall–Kier alpha value is -1.42. The summed E-state index contributed by atoms with van der Waals surface area (Å²) in [7, 11) is 1.81. The Labute approximate surface area is 114 Å². The topological polar surface area (TPSA) is 41.1 Å². The fraction of sp³-hybridized carbons (Fsp3) is 0.533. The third-order valence-corrected chi connectivity index (χ3v) is 2.98. The summed E-state index contributed by atoms with van der Waals surface area (Å²) in [6.07, 6.45) is 0.435. The summed E-state index contributed by atoms with van der Waals surface area (Å²) in [6, 6.07) is 6.17. The average Bonchev–Trinajstić information content (AvgIpc) is 2.33. The molecule has 1 aromatic carbocycles. The van der Waals surface area contributed by atoms with E-state index in [4.69, 9.17) is 0 Å². The number of hydrogen-bond acceptors (Lipinski definition) is 2. The van der Waals surface area contributed by atoms with Gasteiger partial charge in [0.2, 0.25) is 5.91 Å². The largest absolute Gasteiger partial charge is 0.349 e. The van der Waals surface area contributed by atoms with Crippen molar-refractivity contribution in [2.45, 2.75) is 33.2 Å².